The standard InChI is InChI=1S/C20H21N3O4S2/c1-3-27-19(26)13-6-8-14(9-7-13)21-17(24)11-16-18(25)22(2)20(28)23(16)12-15-5-4-10-29-15/h4-10,16H,3,11-12H2,1-2H3,(H,21,24)/t16-/m1/s1. The van der Waals surface area contributed by atoms with E-state index in [1.165, 1.54) is 4.90 Å². The summed E-state index contributed by atoms with van der Waals surface area (Å²) in [5.74, 6) is -0.913. The number of amides is 2. The summed E-state index contributed by atoms with van der Waals surface area (Å²) in [4.78, 5) is 41.1. The van der Waals surface area contributed by atoms with Crippen molar-refractivity contribution in [3.05, 3.63) is 52.2 Å². The number of hydrogen-bond acceptors (Lipinski definition) is 6. The topological polar surface area (TPSA) is 78.9 Å². The summed E-state index contributed by atoms with van der Waals surface area (Å²) in [5, 5.41) is 5.14. The smallest absolute Gasteiger partial charge is 0.338 e. The molecule has 0 unspecified atom stereocenters. The molecule has 0 aliphatic carbocycles. The molecule has 9 heteroatoms. The predicted molar refractivity (Wildman–Crippen MR) is 115 cm³/mol. The number of nitrogens with one attached hydrogen (secondary N) is 1. The van der Waals surface area contributed by atoms with Gasteiger partial charge in [0, 0.05) is 17.6 Å². The van der Waals surface area contributed by atoms with E-state index < -0.39 is 12.0 Å². The van der Waals surface area contributed by atoms with E-state index in [0.717, 1.165) is 4.88 Å². The van der Waals surface area contributed by atoms with Crippen LogP contribution in [0, 0.1) is 0 Å². The van der Waals surface area contributed by atoms with Crippen molar-refractivity contribution < 1.29 is 19.1 Å². The molecule has 0 saturated carbocycles. The van der Waals surface area contributed by atoms with Gasteiger partial charge in [-0.3, -0.25) is 14.5 Å². The number of hydrogen-bond donors (Lipinski definition) is 1. The third-order valence-corrected chi connectivity index (χ3v) is 5.86. The first-order chi connectivity index (χ1) is 13.9. The fraction of sp³-hybridized carbons (Fsp3) is 0.300. The van der Waals surface area contributed by atoms with Gasteiger partial charge in [0.25, 0.3) is 5.91 Å². The minimum absolute atomic E-state index is 0.0195. The second-order valence-corrected chi connectivity index (χ2v) is 7.85. The molecule has 1 aromatic heterocycles. The second-order valence-electron chi connectivity index (χ2n) is 6.45. The van der Waals surface area contributed by atoms with Crippen LogP contribution < -0.4 is 5.32 Å². The Hall–Kier alpha value is -2.78. The van der Waals surface area contributed by atoms with Gasteiger partial charge in [0.1, 0.15) is 6.04 Å². The van der Waals surface area contributed by atoms with Crippen molar-refractivity contribution in [2.45, 2.75) is 25.9 Å². The first kappa shape index (κ1) is 20.9. The lowest BCUT2D eigenvalue weighted by Gasteiger charge is -2.22. The van der Waals surface area contributed by atoms with Gasteiger partial charge in [-0.2, -0.15) is 0 Å². The van der Waals surface area contributed by atoms with E-state index in [1.54, 1.807) is 54.5 Å². The molecule has 2 amide bonds. The van der Waals surface area contributed by atoms with Gasteiger partial charge in [-0.1, -0.05) is 6.07 Å². The van der Waals surface area contributed by atoms with Gasteiger partial charge in [0.05, 0.1) is 25.1 Å². The van der Waals surface area contributed by atoms with E-state index >= 15 is 0 Å². The predicted octanol–water partition coefficient (Wildman–Crippen LogP) is 2.88. The Labute approximate surface area is 178 Å². The van der Waals surface area contributed by atoms with Crippen molar-refractivity contribution in [2.24, 2.45) is 0 Å². The van der Waals surface area contributed by atoms with Crippen LogP contribution in [0.1, 0.15) is 28.6 Å². The Kier molecular flexibility index (Phi) is 6.60. The molecule has 1 saturated heterocycles. The van der Waals surface area contributed by atoms with Crippen molar-refractivity contribution in [3.63, 3.8) is 0 Å². The lowest BCUT2D eigenvalue weighted by molar-refractivity contribution is -0.130. The summed E-state index contributed by atoms with van der Waals surface area (Å²) in [6.07, 6.45) is -0.0195. The van der Waals surface area contributed by atoms with Crippen molar-refractivity contribution in [2.75, 3.05) is 19.0 Å². The first-order valence-electron chi connectivity index (χ1n) is 9.08. The van der Waals surface area contributed by atoms with Gasteiger partial charge in [-0.25, -0.2) is 4.79 Å². The van der Waals surface area contributed by atoms with E-state index in [9.17, 15) is 14.4 Å². The molecule has 0 radical (unpaired) electrons. The molecule has 29 heavy (non-hydrogen) atoms. The summed E-state index contributed by atoms with van der Waals surface area (Å²) in [6.45, 7) is 2.52. The number of carbonyl (C=O) groups is 3. The lowest BCUT2D eigenvalue weighted by atomic mass is 10.1. The number of benzene rings is 1. The van der Waals surface area contributed by atoms with Gasteiger partial charge in [-0.15, -0.1) is 11.3 Å². The Morgan fingerprint density at radius 3 is 2.59 bits per heavy atom. The molecule has 0 spiro atoms. The molecule has 1 aliphatic heterocycles. The highest BCUT2D eigenvalue weighted by Gasteiger charge is 2.41. The highest BCUT2D eigenvalue weighted by Crippen LogP contribution is 2.24. The molecular weight excluding hydrogens is 410 g/mol. The number of esters is 1. The molecule has 1 aliphatic rings. The molecule has 3 rings (SSSR count). The number of carbonyl (C=O) groups excluding carboxylic acids is 3. The molecule has 1 aromatic carbocycles. The van der Waals surface area contributed by atoms with Gasteiger partial charge in [0.15, 0.2) is 5.11 Å². The number of likely N-dealkylation sites (N-methyl/N-ethyl adjacent to an activating group) is 1. The number of ether oxygens (including phenoxy) is 1. The van der Waals surface area contributed by atoms with E-state index in [0.29, 0.717) is 29.5 Å². The van der Waals surface area contributed by atoms with Crippen molar-refractivity contribution in [3.8, 4) is 0 Å². The van der Waals surface area contributed by atoms with Crippen molar-refractivity contribution in [1.82, 2.24) is 9.80 Å². The van der Waals surface area contributed by atoms with E-state index in [2.05, 4.69) is 5.32 Å². The number of thiocarbonyl (C=S) groups is 1. The maximum absolute atomic E-state index is 12.6. The number of rotatable bonds is 7. The SMILES string of the molecule is CCOC(=O)c1ccc(NC(=O)C[C@@H]2C(=O)N(C)C(=S)N2Cc2cccs2)cc1. The quantitative estimate of drug-likeness (QED) is 0.537. The monoisotopic (exact) mass is 431 g/mol. The van der Waals surface area contributed by atoms with Crippen molar-refractivity contribution in [1.29, 1.82) is 0 Å². The zero-order valence-electron chi connectivity index (χ0n) is 16.1. The van der Waals surface area contributed by atoms with E-state index in [-0.39, 0.29) is 18.2 Å². The minimum atomic E-state index is -0.645. The third-order valence-electron chi connectivity index (χ3n) is 4.49. The molecule has 7 nitrogen and oxygen atoms in total. The Morgan fingerprint density at radius 1 is 1.24 bits per heavy atom. The molecule has 0 bridgehead atoms. The molecule has 1 fully saturated rings. The van der Waals surface area contributed by atoms with Crippen LogP contribution in [0.4, 0.5) is 5.69 Å². The van der Waals surface area contributed by atoms with Crippen LogP contribution in [-0.2, 0) is 20.9 Å². The van der Waals surface area contributed by atoms with Crippen LogP contribution in [0.3, 0.4) is 0 Å². The summed E-state index contributed by atoms with van der Waals surface area (Å²) in [6, 6.07) is 9.68. The Morgan fingerprint density at radius 2 is 1.97 bits per heavy atom. The normalized spacial score (nSPS) is 16.3. The molecular formula is C20H21N3O4S2. The molecule has 2 aromatic rings. The van der Waals surface area contributed by atoms with Crippen molar-refractivity contribution >= 4 is 52.1 Å². The number of nitrogens with zero attached hydrogens (tertiary/aromatic N) is 2. The highest BCUT2D eigenvalue weighted by atomic mass is 32.1. The van der Waals surface area contributed by atoms with Crippen LogP contribution >= 0.6 is 23.6 Å². The van der Waals surface area contributed by atoms with E-state index in [4.69, 9.17) is 17.0 Å². The van der Waals surface area contributed by atoms with Gasteiger partial charge in [0.2, 0.25) is 5.91 Å². The second kappa shape index (κ2) is 9.15. The van der Waals surface area contributed by atoms with Crippen LogP contribution in [0.2, 0.25) is 0 Å². The maximum atomic E-state index is 12.6. The molecule has 1 atom stereocenters. The first-order valence-corrected chi connectivity index (χ1v) is 10.4. The number of anilines is 1. The summed E-state index contributed by atoms with van der Waals surface area (Å²) < 4.78 is 4.94. The zero-order chi connectivity index (χ0) is 21.0. The van der Waals surface area contributed by atoms with Gasteiger partial charge >= 0.3 is 5.97 Å². The minimum Gasteiger partial charge on any atom is -0.462 e. The van der Waals surface area contributed by atoms with Gasteiger partial charge in [-0.05, 0) is 54.9 Å². The van der Waals surface area contributed by atoms with Crippen LogP contribution in [0.15, 0.2) is 41.8 Å². The fourth-order valence-corrected chi connectivity index (χ4v) is 4.00. The fourth-order valence-electron chi connectivity index (χ4n) is 3.01. The lowest BCUT2D eigenvalue weighted by Crippen LogP contribution is -2.37. The largest absolute Gasteiger partial charge is 0.462 e. The van der Waals surface area contributed by atoms with Gasteiger partial charge < -0.3 is 15.0 Å². The summed E-state index contributed by atoms with van der Waals surface area (Å²) in [5.41, 5.74) is 0.944. The van der Waals surface area contributed by atoms with Crippen LogP contribution in [0.25, 0.3) is 0 Å². The Balaban J connectivity index is 1.65. The van der Waals surface area contributed by atoms with Crippen LogP contribution in [0.5, 0.6) is 0 Å². The average molecular weight is 432 g/mol. The molecule has 152 valence electrons. The average Bonchev–Trinajstić information content (AvgIpc) is 3.28. The number of thiophene rings is 1. The molecule has 2 heterocycles. The summed E-state index contributed by atoms with van der Waals surface area (Å²) >= 11 is 6.97. The summed E-state index contributed by atoms with van der Waals surface area (Å²) in [7, 11) is 1.62. The van der Waals surface area contributed by atoms with E-state index in [1.807, 2.05) is 17.5 Å². The Bertz CT molecular complexity index is 912. The zero-order valence-corrected chi connectivity index (χ0v) is 17.7. The third kappa shape index (κ3) is 4.80. The highest BCUT2D eigenvalue weighted by molar-refractivity contribution is 7.80. The van der Waals surface area contributed by atoms with Crippen LogP contribution in [-0.4, -0.2) is 52.4 Å². The maximum Gasteiger partial charge on any atom is 0.338 e. The molecule has 1 N–H and O–H groups in total.